The Kier molecular flexibility index (Phi) is 5.67. The molecule has 2 aromatic carbocycles. The molecule has 0 spiro atoms. The van der Waals surface area contributed by atoms with Crippen LogP contribution in [0, 0.1) is 5.92 Å². The van der Waals surface area contributed by atoms with E-state index in [-0.39, 0.29) is 6.04 Å². The van der Waals surface area contributed by atoms with Gasteiger partial charge in [-0.05, 0) is 59.0 Å². The Balaban J connectivity index is 1.68. The minimum atomic E-state index is 0.122. The summed E-state index contributed by atoms with van der Waals surface area (Å²) in [5.41, 5.74) is 2.43. The Morgan fingerprint density at radius 3 is 2.46 bits per heavy atom. The average Bonchev–Trinajstić information content (AvgIpc) is 3.18. The third kappa shape index (κ3) is 4.07. The van der Waals surface area contributed by atoms with Gasteiger partial charge < -0.3 is 9.64 Å². The lowest BCUT2D eigenvalue weighted by Crippen LogP contribution is -3.13. The van der Waals surface area contributed by atoms with Crippen LogP contribution in [-0.4, -0.2) is 40.4 Å². The zero-order chi connectivity index (χ0) is 19.3. The molecule has 1 aromatic heterocycles. The zero-order valence-corrected chi connectivity index (χ0v) is 16.6. The predicted octanol–water partition coefficient (Wildman–Crippen LogP) is 2.13. The highest BCUT2D eigenvalue weighted by Gasteiger charge is 2.33. The van der Waals surface area contributed by atoms with E-state index in [1.807, 2.05) is 22.9 Å². The summed E-state index contributed by atoms with van der Waals surface area (Å²) < 4.78 is 7.30. The van der Waals surface area contributed by atoms with E-state index >= 15 is 0 Å². The number of likely N-dealkylation sites (tertiary alicyclic amines) is 1. The number of piperidine rings is 1. The second-order valence-electron chi connectivity index (χ2n) is 7.73. The highest BCUT2D eigenvalue weighted by molar-refractivity contribution is 5.30. The quantitative estimate of drug-likeness (QED) is 0.714. The number of rotatable bonds is 6. The van der Waals surface area contributed by atoms with E-state index < -0.39 is 0 Å². The molecule has 2 heterocycles. The monoisotopic (exact) mass is 378 g/mol. The van der Waals surface area contributed by atoms with Gasteiger partial charge in [0.25, 0.3) is 0 Å². The van der Waals surface area contributed by atoms with Crippen molar-refractivity contribution in [3.63, 3.8) is 0 Å². The summed E-state index contributed by atoms with van der Waals surface area (Å²) in [6, 6.07) is 18.8. The Morgan fingerprint density at radius 1 is 1.07 bits per heavy atom. The Hall–Kier alpha value is -2.73. The van der Waals surface area contributed by atoms with Crippen molar-refractivity contribution in [2.24, 2.45) is 5.92 Å². The lowest BCUT2D eigenvalue weighted by atomic mass is 9.95. The fourth-order valence-electron chi connectivity index (χ4n) is 4.07. The molecule has 4 rings (SSSR count). The van der Waals surface area contributed by atoms with Crippen LogP contribution in [0.3, 0.4) is 0 Å². The van der Waals surface area contributed by atoms with Gasteiger partial charge in [0.15, 0.2) is 6.04 Å². The van der Waals surface area contributed by atoms with Crippen LogP contribution in [0.25, 0.3) is 0 Å². The molecular formula is C22H28N5O+. The molecule has 28 heavy (non-hydrogen) atoms. The highest BCUT2D eigenvalue weighted by atomic mass is 16.5. The molecule has 0 radical (unpaired) electrons. The third-order valence-corrected chi connectivity index (χ3v) is 5.77. The third-order valence-electron chi connectivity index (χ3n) is 5.77. The number of benzene rings is 2. The number of tetrazole rings is 1. The Bertz CT molecular complexity index is 869. The fourth-order valence-corrected chi connectivity index (χ4v) is 4.07. The van der Waals surface area contributed by atoms with Gasteiger partial charge in [-0.3, -0.25) is 0 Å². The van der Waals surface area contributed by atoms with Gasteiger partial charge in [-0.25, -0.2) is 4.68 Å². The second kappa shape index (κ2) is 8.52. The van der Waals surface area contributed by atoms with Crippen molar-refractivity contribution in [1.29, 1.82) is 0 Å². The Morgan fingerprint density at radius 2 is 1.79 bits per heavy atom. The van der Waals surface area contributed by atoms with Crippen molar-refractivity contribution in [2.45, 2.75) is 32.4 Å². The summed E-state index contributed by atoms with van der Waals surface area (Å²) in [4.78, 5) is 1.53. The summed E-state index contributed by atoms with van der Waals surface area (Å²) >= 11 is 0. The highest BCUT2D eigenvalue weighted by Crippen LogP contribution is 2.22. The van der Waals surface area contributed by atoms with E-state index in [2.05, 4.69) is 58.8 Å². The normalized spacial score (nSPS) is 20.6. The summed E-state index contributed by atoms with van der Waals surface area (Å²) in [7, 11) is 1.70. The zero-order valence-electron chi connectivity index (χ0n) is 16.6. The molecule has 1 aliphatic heterocycles. The number of nitrogens with one attached hydrogen (secondary N) is 1. The van der Waals surface area contributed by atoms with Gasteiger partial charge in [-0.1, -0.05) is 37.3 Å². The molecule has 1 atom stereocenters. The van der Waals surface area contributed by atoms with Crippen LogP contribution < -0.4 is 9.64 Å². The summed E-state index contributed by atoms with van der Waals surface area (Å²) in [6.45, 7) is 5.30. The van der Waals surface area contributed by atoms with Crippen molar-refractivity contribution in [1.82, 2.24) is 20.2 Å². The fraction of sp³-hybridized carbons (Fsp3) is 0.409. The maximum atomic E-state index is 5.35. The minimum Gasteiger partial charge on any atom is -0.497 e. The van der Waals surface area contributed by atoms with Crippen molar-refractivity contribution < 1.29 is 9.64 Å². The maximum absolute atomic E-state index is 5.35. The van der Waals surface area contributed by atoms with Crippen LogP contribution in [0.15, 0.2) is 54.6 Å². The molecule has 0 amide bonds. The Labute approximate surface area is 166 Å². The smallest absolute Gasteiger partial charge is 0.214 e. The van der Waals surface area contributed by atoms with Crippen LogP contribution in [0.1, 0.15) is 42.8 Å². The second-order valence-corrected chi connectivity index (χ2v) is 7.73. The van der Waals surface area contributed by atoms with Crippen LogP contribution >= 0.6 is 0 Å². The number of hydrogen-bond acceptors (Lipinski definition) is 4. The molecule has 146 valence electrons. The van der Waals surface area contributed by atoms with Crippen molar-refractivity contribution in [3.05, 3.63) is 71.5 Å². The lowest BCUT2D eigenvalue weighted by Gasteiger charge is -2.33. The number of hydrogen-bond donors (Lipinski definition) is 1. The molecule has 6 nitrogen and oxygen atoms in total. The van der Waals surface area contributed by atoms with Crippen LogP contribution in [0.4, 0.5) is 0 Å². The molecule has 3 aromatic rings. The van der Waals surface area contributed by atoms with E-state index in [1.54, 1.807) is 7.11 Å². The number of nitrogens with zero attached hydrogens (tertiary/aromatic N) is 4. The standard InChI is InChI=1S/C22H27N5O/c1-17-12-14-26(15-13-17)21(19-8-10-20(28-2)11-9-19)22-23-24-25-27(22)16-18-6-4-3-5-7-18/h3-11,17,21H,12-16H2,1-2H3/p+1/t21-/m1/s1. The van der Waals surface area contributed by atoms with Gasteiger partial charge >= 0.3 is 0 Å². The number of quaternary nitrogens is 1. The lowest BCUT2D eigenvalue weighted by molar-refractivity contribution is -0.932. The minimum absolute atomic E-state index is 0.122. The summed E-state index contributed by atoms with van der Waals surface area (Å²) in [5.74, 6) is 2.59. The van der Waals surface area contributed by atoms with Gasteiger partial charge in [-0.2, -0.15) is 0 Å². The van der Waals surface area contributed by atoms with E-state index in [4.69, 9.17) is 4.74 Å². The van der Waals surface area contributed by atoms with Crippen molar-refractivity contribution in [2.75, 3.05) is 20.2 Å². The molecule has 1 aliphatic rings. The number of ether oxygens (including phenoxy) is 1. The van der Waals surface area contributed by atoms with E-state index in [9.17, 15) is 0 Å². The van der Waals surface area contributed by atoms with Gasteiger partial charge in [0.1, 0.15) is 5.75 Å². The van der Waals surface area contributed by atoms with E-state index in [0.29, 0.717) is 6.54 Å². The van der Waals surface area contributed by atoms with E-state index in [0.717, 1.165) is 30.6 Å². The molecule has 0 bridgehead atoms. The SMILES string of the molecule is COc1ccc([C@H](c2nnnn2Cc2ccccc2)[NH+]2CCC(C)CC2)cc1. The number of aromatic nitrogens is 4. The molecule has 0 aliphatic carbocycles. The van der Waals surface area contributed by atoms with Gasteiger partial charge in [0, 0.05) is 5.56 Å². The summed E-state index contributed by atoms with van der Waals surface area (Å²) in [6.07, 6.45) is 2.48. The van der Waals surface area contributed by atoms with Crippen molar-refractivity contribution in [3.8, 4) is 5.75 Å². The molecule has 1 fully saturated rings. The molecular weight excluding hydrogens is 350 g/mol. The predicted molar refractivity (Wildman–Crippen MR) is 107 cm³/mol. The molecule has 0 unspecified atom stereocenters. The average molecular weight is 379 g/mol. The van der Waals surface area contributed by atoms with Gasteiger partial charge in [0.05, 0.1) is 26.7 Å². The largest absolute Gasteiger partial charge is 0.497 e. The molecule has 6 heteroatoms. The maximum Gasteiger partial charge on any atom is 0.214 e. The molecule has 1 saturated heterocycles. The summed E-state index contributed by atoms with van der Waals surface area (Å²) in [5, 5.41) is 12.8. The van der Waals surface area contributed by atoms with Crippen LogP contribution in [-0.2, 0) is 6.54 Å². The molecule has 0 saturated carbocycles. The molecule has 1 N–H and O–H groups in total. The number of methoxy groups -OCH3 is 1. The first-order valence-electron chi connectivity index (χ1n) is 10.0. The van der Waals surface area contributed by atoms with Crippen LogP contribution in [0.5, 0.6) is 5.75 Å². The topological polar surface area (TPSA) is 57.3 Å². The van der Waals surface area contributed by atoms with E-state index in [1.165, 1.54) is 28.9 Å². The first-order chi connectivity index (χ1) is 13.7. The van der Waals surface area contributed by atoms with Gasteiger partial charge in [-0.15, -0.1) is 5.10 Å². The van der Waals surface area contributed by atoms with Gasteiger partial charge in [0.2, 0.25) is 5.82 Å². The first kappa shape index (κ1) is 18.6. The first-order valence-corrected chi connectivity index (χ1v) is 10.0. The van der Waals surface area contributed by atoms with Crippen molar-refractivity contribution >= 4 is 0 Å². The van der Waals surface area contributed by atoms with Crippen LogP contribution in [0.2, 0.25) is 0 Å².